The lowest BCUT2D eigenvalue weighted by Crippen LogP contribution is -2.47. The van der Waals surface area contributed by atoms with E-state index in [1.165, 1.54) is 0 Å². The maximum atomic E-state index is 14.5. The number of amides is 1. The number of hydrogen-bond acceptors (Lipinski definition) is 5. The van der Waals surface area contributed by atoms with Gasteiger partial charge >= 0.3 is 0 Å². The van der Waals surface area contributed by atoms with Crippen LogP contribution in [0, 0.1) is 5.92 Å². The van der Waals surface area contributed by atoms with Crippen molar-refractivity contribution in [3.05, 3.63) is 89.6 Å². The van der Waals surface area contributed by atoms with Gasteiger partial charge in [-0.1, -0.05) is 67.6 Å². The molecule has 0 unspecified atom stereocenters. The number of aromatic nitrogens is 1. The van der Waals surface area contributed by atoms with E-state index in [4.69, 9.17) is 9.47 Å². The van der Waals surface area contributed by atoms with Crippen LogP contribution in [0.3, 0.4) is 0 Å². The van der Waals surface area contributed by atoms with Gasteiger partial charge in [0, 0.05) is 54.6 Å². The first-order valence-electron chi connectivity index (χ1n) is 14.3. The summed E-state index contributed by atoms with van der Waals surface area (Å²) in [4.78, 5) is 18.6. The lowest BCUT2D eigenvalue weighted by atomic mass is 9.96. The van der Waals surface area contributed by atoms with Crippen LogP contribution in [0.25, 0.3) is 22.0 Å². The molecule has 1 aromatic heterocycles. The number of para-hydroxylation sites is 2. The number of nitrogens with zero attached hydrogens (tertiary/aromatic N) is 3. The second-order valence-electron chi connectivity index (χ2n) is 11.3. The predicted molar refractivity (Wildman–Crippen MR) is 163 cm³/mol. The van der Waals surface area contributed by atoms with Crippen molar-refractivity contribution in [2.75, 3.05) is 33.9 Å². The summed E-state index contributed by atoms with van der Waals surface area (Å²) in [5.41, 5.74) is 5.71. The molecule has 0 spiro atoms. The molecular formula is C34H41N3O4. The van der Waals surface area contributed by atoms with Crippen molar-refractivity contribution in [1.82, 2.24) is 14.4 Å². The molecule has 0 fully saturated rings. The number of carbonyl (C=O) groups is 1. The van der Waals surface area contributed by atoms with E-state index in [1.54, 1.807) is 7.11 Å². The number of likely N-dealkylation sites (N-methyl/N-ethyl adjacent to an activating group) is 1. The molecule has 41 heavy (non-hydrogen) atoms. The first kappa shape index (κ1) is 28.9. The summed E-state index contributed by atoms with van der Waals surface area (Å²) in [5, 5.41) is 11.3. The van der Waals surface area contributed by atoms with Crippen LogP contribution in [-0.4, -0.2) is 71.4 Å². The smallest absolute Gasteiger partial charge is 0.271 e. The highest BCUT2D eigenvalue weighted by Crippen LogP contribution is 2.38. The largest absolute Gasteiger partial charge is 0.496 e. The molecule has 3 aromatic carbocycles. The van der Waals surface area contributed by atoms with Crippen LogP contribution in [0.2, 0.25) is 0 Å². The molecular weight excluding hydrogens is 514 g/mol. The number of fused-ring (bicyclic) bond motifs is 5. The van der Waals surface area contributed by atoms with Crippen LogP contribution >= 0.6 is 0 Å². The number of ether oxygens (including phenoxy) is 2. The molecule has 1 aliphatic rings. The van der Waals surface area contributed by atoms with E-state index in [0.717, 1.165) is 38.9 Å². The van der Waals surface area contributed by atoms with Crippen molar-refractivity contribution < 1.29 is 19.4 Å². The number of rotatable bonds is 7. The van der Waals surface area contributed by atoms with Crippen molar-refractivity contribution >= 4 is 16.8 Å². The summed E-state index contributed by atoms with van der Waals surface area (Å²) >= 11 is 0. The van der Waals surface area contributed by atoms with Crippen molar-refractivity contribution in [2.24, 2.45) is 13.0 Å². The molecule has 7 heteroatoms. The monoisotopic (exact) mass is 555 g/mol. The van der Waals surface area contributed by atoms with Gasteiger partial charge in [0.05, 0.1) is 32.5 Å². The van der Waals surface area contributed by atoms with E-state index in [1.807, 2.05) is 65.9 Å². The van der Waals surface area contributed by atoms with Gasteiger partial charge in [-0.2, -0.15) is 0 Å². The van der Waals surface area contributed by atoms with Crippen LogP contribution < -0.4 is 4.74 Å². The number of benzene rings is 3. The minimum atomic E-state index is -0.348. The third kappa shape index (κ3) is 5.75. The molecule has 0 saturated heterocycles. The zero-order chi connectivity index (χ0) is 29.1. The SMILES string of the molecule is COc1ccccc1CN(C)C[C@H]1OCc2ccccc2-c2c(n(C)c3ccccc23)C(=O)N([C@H](C)CO)C[C@H]1C. The minimum absolute atomic E-state index is 0.0106. The second kappa shape index (κ2) is 12.5. The Morgan fingerprint density at radius 3 is 2.56 bits per heavy atom. The lowest BCUT2D eigenvalue weighted by molar-refractivity contribution is -0.0242. The molecule has 1 N–H and O–H groups in total. The van der Waals surface area contributed by atoms with Crippen LogP contribution in [0.4, 0.5) is 0 Å². The highest BCUT2D eigenvalue weighted by molar-refractivity contribution is 6.10. The highest BCUT2D eigenvalue weighted by atomic mass is 16.5. The molecule has 7 nitrogen and oxygen atoms in total. The molecule has 0 radical (unpaired) electrons. The van der Waals surface area contributed by atoms with Gasteiger partial charge in [-0.25, -0.2) is 0 Å². The Balaban J connectivity index is 1.56. The fourth-order valence-corrected chi connectivity index (χ4v) is 6.02. The molecule has 2 heterocycles. The molecule has 1 amide bonds. The predicted octanol–water partition coefficient (Wildman–Crippen LogP) is 5.34. The summed E-state index contributed by atoms with van der Waals surface area (Å²) < 4.78 is 14.3. The molecule has 3 atom stereocenters. The van der Waals surface area contributed by atoms with Crippen molar-refractivity contribution in [1.29, 1.82) is 0 Å². The number of methoxy groups -OCH3 is 1. The van der Waals surface area contributed by atoms with Gasteiger partial charge in [0.2, 0.25) is 0 Å². The number of aryl methyl sites for hydroxylation is 1. The number of hydrogen-bond donors (Lipinski definition) is 1. The van der Waals surface area contributed by atoms with Crippen LogP contribution in [-0.2, 0) is 24.9 Å². The van der Waals surface area contributed by atoms with E-state index < -0.39 is 0 Å². The topological polar surface area (TPSA) is 67.2 Å². The number of aliphatic hydroxyl groups is 1. The normalized spacial score (nSPS) is 18.6. The van der Waals surface area contributed by atoms with Gasteiger partial charge in [0.15, 0.2) is 0 Å². The third-order valence-electron chi connectivity index (χ3n) is 8.35. The summed E-state index contributed by atoms with van der Waals surface area (Å²) in [6.45, 7) is 6.20. The summed E-state index contributed by atoms with van der Waals surface area (Å²) in [7, 11) is 5.74. The molecule has 1 aliphatic heterocycles. The fourth-order valence-electron chi connectivity index (χ4n) is 6.02. The maximum Gasteiger partial charge on any atom is 0.271 e. The molecule has 5 rings (SSSR count). The zero-order valence-electron chi connectivity index (χ0n) is 24.7. The first-order chi connectivity index (χ1) is 19.8. The van der Waals surface area contributed by atoms with Crippen LogP contribution in [0.5, 0.6) is 5.75 Å². The summed E-state index contributed by atoms with van der Waals surface area (Å²) in [6.07, 6.45) is -0.151. The van der Waals surface area contributed by atoms with Crippen LogP contribution in [0.1, 0.15) is 35.5 Å². The van der Waals surface area contributed by atoms with E-state index in [-0.39, 0.29) is 30.6 Å². The van der Waals surface area contributed by atoms with E-state index in [0.29, 0.717) is 31.9 Å². The quantitative estimate of drug-likeness (QED) is 0.333. The van der Waals surface area contributed by atoms with E-state index in [2.05, 4.69) is 49.2 Å². The number of aliphatic hydroxyl groups excluding tert-OH is 1. The van der Waals surface area contributed by atoms with Crippen molar-refractivity contribution in [3.8, 4) is 16.9 Å². The molecule has 0 bridgehead atoms. The van der Waals surface area contributed by atoms with Gasteiger partial charge in [-0.15, -0.1) is 0 Å². The summed E-state index contributed by atoms with van der Waals surface area (Å²) in [5.74, 6) is 0.796. The van der Waals surface area contributed by atoms with Gasteiger partial charge in [-0.3, -0.25) is 9.69 Å². The molecule has 4 aromatic rings. The van der Waals surface area contributed by atoms with Crippen molar-refractivity contribution in [2.45, 2.75) is 39.1 Å². The van der Waals surface area contributed by atoms with Gasteiger partial charge in [-0.05, 0) is 37.2 Å². The fraction of sp³-hybridized carbons (Fsp3) is 0.382. The Kier molecular flexibility index (Phi) is 8.78. The average molecular weight is 556 g/mol. The minimum Gasteiger partial charge on any atom is -0.496 e. The van der Waals surface area contributed by atoms with Gasteiger partial charge in [0.25, 0.3) is 5.91 Å². The summed E-state index contributed by atoms with van der Waals surface area (Å²) in [6, 6.07) is 24.1. The standard InChI is InChI=1S/C34H41N3O4/c1-23-18-37(24(2)21-38)34(39)33-32(28-15-9-10-16-29(28)36(33)4)27-14-8-6-13-26(27)22-41-31(23)20-35(3)19-25-12-7-11-17-30(25)40-5/h6-17,23-24,31,38H,18-22H2,1-5H3/t23-,24-,31-/m1/s1. The Hall–Kier alpha value is -3.65. The molecule has 0 aliphatic carbocycles. The van der Waals surface area contributed by atoms with E-state index in [9.17, 15) is 9.90 Å². The Morgan fingerprint density at radius 2 is 1.78 bits per heavy atom. The Morgan fingerprint density at radius 1 is 1.07 bits per heavy atom. The Bertz CT molecular complexity index is 1510. The second-order valence-corrected chi connectivity index (χ2v) is 11.3. The van der Waals surface area contributed by atoms with Crippen LogP contribution in [0.15, 0.2) is 72.8 Å². The Labute approximate surface area is 242 Å². The highest BCUT2D eigenvalue weighted by Gasteiger charge is 2.33. The van der Waals surface area contributed by atoms with Crippen molar-refractivity contribution in [3.63, 3.8) is 0 Å². The van der Waals surface area contributed by atoms with Gasteiger partial charge < -0.3 is 24.0 Å². The lowest BCUT2D eigenvalue weighted by Gasteiger charge is -2.35. The maximum absolute atomic E-state index is 14.5. The first-order valence-corrected chi connectivity index (χ1v) is 14.3. The molecule has 0 saturated carbocycles. The van der Waals surface area contributed by atoms with Gasteiger partial charge in [0.1, 0.15) is 11.4 Å². The zero-order valence-corrected chi connectivity index (χ0v) is 24.7. The molecule has 216 valence electrons. The third-order valence-corrected chi connectivity index (χ3v) is 8.35. The number of carbonyl (C=O) groups excluding carboxylic acids is 1. The van der Waals surface area contributed by atoms with E-state index >= 15 is 0 Å². The average Bonchev–Trinajstić information content (AvgIpc) is 3.28.